The number of rotatable bonds is 5. The molecule has 6 nitrogen and oxygen atoms in total. The molecule has 6 heteroatoms. The second-order valence-electron chi connectivity index (χ2n) is 4.45. The molecule has 1 N–H and O–H groups in total. The summed E-state index contributed by atoms with van der Waals surface area (Å²) in [6.45, 7) is 3.36. The van der Waals surface area contributed by atoms with Crippen LogP contribution >= 0.6 is 0 Å². The molecule has 0 spiro atoms. The van der Waals surface area contributed by atoms with E-state index in [-0.39, 0.29) is 5.91 Å². The van der Waals surface area contributed by atoms with Gasteiger partial charge >= 0.3 is 0 Å². The van der Waals surface area contributed by atoms with Gasteiger partial charge in [-0.3, -0.25) is 14.6 Å². The largest absolute Gasteiger partial charge is 0.342 e. The van der Waals surface area contributed by atoms with Gasteiger partial charge in [0.25, 0.3) is 0 Å². The molecule has 1 fully saturated rings. The van der Waals surface area contributed by atoms with Crippen molar-refractivity contribution in [2.45, 2.75) is 6.54 Å². The molecule has 2 heterocycles. The number of pyridine rings is 1. The number of hydrogen-bond donors (Lipinski definition) is 1. The van der Waals surface area contributed by atoms with Crippen LogP contribution < -0.4 is 5.32 Å². The molecule has 0 bridgehead atoms. The highest BCUT2D eigenvalue weighted by Crippen LogP contribution is 1.99. The quantitative estimate of drug-likeness (QED) is 0.725. The van der Waals surface area contributed by atoms with Crippen LogP contribution in [0.25, 0.3) is 0 Å². The lowest BCUT2D eigenvalue weighted by atomic mass is 10.3. The third-order valence-electron chi connectivity index (χ3n) is 3.12. The van der Waals surface area contributed by atoms with Crippen LogP contribution in [0.2, 0.25) is 0 Å². The maximum Gasteiger partial charge on any atom is 0.236 e. The van der Waals surface area contributed by atoms with Crippen molar-refractivity contribution in [1.82, 2.24) is 20.1 Å². The topological polar surface area (TPSA) is 65.5 Å². The van der Waals surface area contributed by atoms with Crippen LogP contribution in [0.3, 0.4) is 0 Å². The maximum atomic E-state index is 11.9. The standard InChI is InChI=1S/C13H18N4O2/c18-11-16-5-7-17(8-6-16)13(19)10-14-9-12-3-1-2-4-15-12/h1-4,11,14H,5-10H2. The number of hydrogen-bond acceptors (Lipinski definition) is 4. The Labute approximate surface area is 112 Å². The first-order valence-corrected chi connectivity index (χ1v) is 6.37. The van der Waals surface area contributed by atoms with Crippen molar-refractivity contribution >= 4 is 12.3 Å². The van der Waals surface area contributed by atoms with Crippen LogP contribution in [0, 0.1) is 0 Å². The van der Waals surface area contributed by atoms with Gasteiger partial charge < -0.3 is 15.1 Å². The summed E-state index contributed by atoms with van der Waals surface area (Å²) in [6.07, 6.45) is 2.57. The molecule has 0 unspecified atom stereocenters. The lowest BCUT2D eigenvalue weighted by molar-refractivity contribution is -0.134. The Morgan fingerprint density at radius 2 is 2.11 bits per heavy atom. The molecule has 1 saturated heterocycles. The molecule has 102 valence electrons. The average molecular weight is 262 g/mol. The van der Waals surface area contributed by atoms with E-state index >= 15 is 0 Å². The molecule has 2 amide bonds. The van der Waals surface area contributed by atoms with Crippen LogP contribution in [-0.4, -0.2) is 59.8 Å². The average Bonchev–Trinajstić information content (AvgIpc) is 2.48. The Morgan fingerprint density at radius 1 is 1.32 bits per heavy atom. The number of amides is 2. The molecular formula is C13H18N4O2. The van der Waals surface area contributed by atoms with Crippen molar-refractivity contribution in [3.63, 3.8) is 0 Å². The lowest BCUT2D eigenvalue weighted by Crippen LogP contribution is -2.50. The van der Waals surface area contributed by atoms with Crippen molar-refractivity contribution in [2.24, 2.45) is 0 Å². The van der Waals surface area contributed by atoms with E-state index < -0.39 is 0 Å². The zero-order valence-electron chi connectivity index (χ0n) is 10.8. The van der Waals surface area contributed by atoms with E-state index in [1.165, 1.54) is 0 Å². The fourth-order valence-electron chi connectivity index (χ4n) is 1.99. The van der Waals surface area contributed by atoms with E-state index in [1.54, 1.807) is 16.0 Å². The Morgan fingerprint density at radius 3 is 2.74 bits per heavy atom. The third kappa shape index (κ3) is 4.03. The van der Waals surface area contributed by atoms with Gasteiger partial charge in [0.15, 0.2) is 0 Å². The van der Waals surface area contributed by atoms with E-state index in [0.717, 1.165) is 12.1 Å². The number of carbonyl (C=O) groups excluding carboxylic acids is 2. The van der Waals surface area contributed by atoms with Gasteiger partial charge in [0.2, 0.25) is 12.3 Å². The van der Waals surface area contributed by atoms with Gasteiger partial charge in [-0.05, 0) is 12.1 Å². The van der Waals surface area contributed by atoms with E-state index in [4.69, 9.17) is 0 Å². The van der Waals surface area contributed by atoms with Crippen LogP contribution in [0.1, 0.15) is 5.69 Å². The zero-order valence-corrected chi connectivity index (χ0v) is 10.8. The second kappa shape index (κ2) is 6.84. The molecule has 1 aliphatic rings. The minimum atomic E-state index is 0.0708. The summed E-state index contributed by atoms with van der Waals surface area (Å²) in [5.41, 5.74) is 0.918. The van der Waals surface area contributed by atoms with Gasteiger partial charge in [0.1, 0.15) is 0 Å². The normalized spacial score (nSPS) is 15.4. The van der Waals surface area contributed by atoms with E-state index in [2.05, 4.69) is 10.3 Å². The number of nitrogens with zero attached hydrogens (tertiary/aromatic N) is 3. The molecule has 0 atom stereocenters. The predicted octanol–water partition coefficient (Wildman–Crippen LogP) is -0.528. The van der Waals surface area contributed by atoms with Gasteiger partial charge in [-0.15, -0.1) is 0 Å². The first kappa shape index (κ1) is 13.5. The number of aromatic nitrogens is 1. The fraction of sp³-hybridized carbons (Fsp3) is 0.462. The fourth-order valence-corrected chi connectivity index (χ4v) is 1.99. The molecule has 0 saturated carbocycles. The summed E-state index contributed by atoms with van der Waals surface area (Å²) in [5, 5.41) is 3.09. The minimum Gasteiger partial charge on any atom is -0.342 e. The molecule has 0 aromatic carbocycles. The molecule has 1 aromatic rings. The summed E-state index contributed by atoms with van der Waals surface area (Å²) in [4.78, 5) is 30.1. The molecule has 1 aliphatic heterocycles. The summed E-state index contributed by atoms with van der Waals surface area (Å²) in [6, 6.07) is 5.70. The third-order valence-corrected chi connectivity index (χ3v) is 3.12. The van der Waals surface area contributed by atoms with Crippen molar-refractivity contribution in [3.05, 3.63) is 30.1 Å². The van der Waals surface area contributed by atoms with E-state index in [0.29, 0.717) is 39.3 Å². The number of carbonyl (C=O) groups is 2. The highest BCUT2D eigenvalue weighted by atomic mass is 16.2. The molecule has 0 aliphatic carbocycles. The molecular weight excluding hydrogens is 244 g/mol. The Kier molecular flexibility index (Phi) is 4.85. The van der Waals surface area contributed by atoms with Crippen molar-refractivity contribution in [3.8, 4) is 0 Å². The molecule has 0 radical (unpaired) electrons. The van der Waals surface area contributed by atoms with Crippen molar-refractivity contribution in [2.75, 3.05) is 32.7 Å². The summed E-state index contributed by atoms with van der Waals surface area (Å²) in [7, 11) is 0. The van der Waals surface area contributed by atoms with Crippen molar-refractivity contribution < 1.29 is 9.59 Å². The van der Waals surface area contributed by atoms with Crippen LogP contribution in [0.4, 0.5) is 0 Å². The van der Waals surface area contributed by atoms with Crippen LogP contribution in [-0.2, 0) is 16.1 Å². The highest BCUT2D eigenvalue weighted by molar-refractivity contribution is 5.78. The highest BCUT2D eigenvalue weighted by Gasteiger charge is 2.19. The zero-order chi connectivity index (χ0) is 13.5. The second-order valence-corrected chi connectivity index (χ2v) is 4.45. The van der Waals surface area contributed by atoms with Crippen LogP contribution in [0.5, 0.6) is 0 Å². The predicted molar refractivity (Wildman–Crippen MR) is 70.2 cm³/mol. The van der Waals surface area contributed by atoms with Crippen molar-refractivity contribution in [1.29, 1.82) is 0 Å². The lowest BCUT2D eigenvalue weighted by Gasteiger charge is -2.32. The smallest absolute Gasteiger partial charge is 0.236 e. The Balaban J connectivity index is 1.69. The van der Waals surface area contributed by atoms with Gasteiger partial charge in [-0.25, -0.2) is 0 Å². The van der Waals surface area contributed by atoms with Gasteiger partial charge in [0, 0.05) is 38.9 Å². The Bertz CT molecular complexity index is 416. The van der Waals surface area contributed by atoms with E-state index in [9.17, 15) is 9.59 Å². The first-order chi connectivity index (χ1) is 9.29. The maximum absolute atomic E-state index is 11.9. The molecule has 2 rings (SSSR count). The summed E-state index contributed by atoms with van der Waals surface area (Å²) < 4.78 is 0. The molecule has 1 aromatic heterocycles. The van der Waals surface area contributed by atoms with Crippen LogP contribution in [0.15, 0.2) is 24.4 Å². The van der Waals surface area contributed by atoms with Gasteiger partial charge in [0.05, 0.1) is 12.2 Å². The van der Waals surface area contributed by atoms with Gasteiger partial charge in [-0.1, -0.05) is 6.07 Å². The SMILES string of the molecule is O=CN1CCN(C(=O)CNCc2ccccn2)CC1. The monoisotopic (exact) mass is 262 g/mol. The number of nitrogens with one attached hydrogen (secondary N) is 1. The Hall–Kier alpha value is -1.95. The first-order valence-electron chi connectivity index (χ1n) is 6.37. The van der Waals surface area contributed by atoms with E-state index in [1.807, 2.05) is 18.2 Å². The summed E-state index contributed by atoms with van der Waals surface area (Å²) >= 11 is 0. The van der Waals surface area contributed by atoms with Gasteiger partial charge in [-0.2, -0.15) is 0 Å². The molecule has 19 heavy (non-hydrogen) atoms. The minimum absolute atomic E-state index is 0.0708. The number of piperazine rings is 1. The summed E-state index contributed by atoms with van der Waals surface area (Å²) in [5.74, 6) is 0.0708.